The number of hydrogen-bond acceptors (Lipinski definition) is 5. The Labute approximate surface area is 161 Å². The number of amides is 2. The minimum atomic E-state index is -3.46. The fourth-order valence-corrected chi connectivity index (χ4v) is 3.14. The van der Waals surface area contributed by atoms with Gasteiger partial charge < -0.3 is 14.8 Å². The first-order chi connectivity index (χ1) is 12.4. The molecule has 0 aliphatic heterocycles. The first-order valence-electron chi connectivity index (χ1n) is 8.62. The number of nitrogens with two attached hydrogens (primary N) is 1. The van der Waals surface area contributed by atoms with E-state index < -0.39 is 33.6 Å². The predicted molar refractivity (Wildman–Crippen MR) is 104 cm³/mol. The third-order valence-electron chi connectivity index (χ3n) is 3.77. The number of methoxy groups -OCH3 is 1. The smallest absolute Gasteiger partial charge is 0.408 e. The monoisotopic (exact) mass is 399 g/mol. The molecule has 0 aromatic heterocycles. The van der Waals surface area contributed by atoms with Gasteiger partial charge in [0.05, 0.1) is 12.0 Å². The molecule has 0 heterocycles. The summed E-state index contributed by atoms with van der Waals surface area (Å²) < 4.78 is 26.7. The van der Waals surface area contributed by atoms with Crippen molar-refractivity contribution in [3.63, 3.8) is 0 Å². The van der Waals surface area contributed by atoms with Gasteiger partial charge in [0.25, 0.3) is 5.91 Å². The standard InChI is InChI=1S/C18H29N3O5S/c1-7-12(2)15(20-17(23)26-18(3,4)5)16(22)21-27(19,24)14-10-8-13(25-6)9-11-14/h8-12,15H,7H2,1-6H3,(H,20,23)(H2,19,21,22,24)/t12-,15-,27?/m0/s1. The molecule has 0 aliphatic rings. The van der Waals surface area contributed by atoms with Crippen molar-refractivity contribution in [3.05, 3.63) is 24.3 Å². The number of nitrogens with zero attached hydrogens (tertiary/aromatic N) is 1. The van der Waals surface area contributed by atoms with Crippen molar-refractivity contribution in [1.82, 2.24) is 5.32 Å². The number of rotatable bonds is 6. The summed E-state index contributed by atoms with van der Waals surface area (Å²) in [5.41, 5.74) is -0.714. The molecule has 27 heavy (non-hydrogen) atoms. The van der Waals surface area contributed by atoms with Gasteiger partial charge in [-0.1, -0.05) is 20.3 Å². The Balaban J connectivity index is 3.11. The summed E-state index contributed by atoms with van der Waals surface area (Å²) in [6.45, 7) is 8.79. The van der Waals surface area contributed by atoms with E-state index in [1.165, 1.54) is 19.2 Å². The largest absolute Gasteiger partial charge is 0.497 e. The molecule has 0 aliphatic carbocycles. The van der Waals surface area contributed by atoms with Crippen LogP contribution in [0.25, 0.3) is 0 Å². The predicted octanol–water partition coefficient (Wildman–Crippen LogP) is 2.86. The summed E-state index contributed by atoms with van der Waals surface area (Å²) in [5, 5.41) is 8.31. The normalized spacial score (nSPS) is 15.8. The number of hydrogen-bond donors (Lipinski definition) is 2. The molecule has 0 spiro atoms. The van der Waals surface area contributed by atoms with Gasteiger partial charge in [0.2, 0.25) is 0 Å². The van der Waals surface area contributed by atoms with Crippen LogP contribution in [0.1, 0.15) is 41.0 Å². The van der Waals surface area contributed by atoms with Crippen molar-refractivity contribution in [2.45, 2.75) is 57.6 Å². The van der Waals surface area contributed by atoms with Gasteiger partial charge in [0, 0.05) is 0 Å². The van der Waals surface area contributed by atoms with Crippen LogP contribution in [-0.4, -0.2) is 35.0 Å². The lowest BCUT2D eigenvalue weighted by molar-refractivity contribution is -0.120. The summed E-state index contributed by atoms with van der Waals surface area (Å²) >= 11 is 0. The van der Waals surface area contributed by atoms with Crippen LogP contribution in [0, 0.1) is 5.92 Å². The third-order valence-corrected chi connectivity index (χ3v) is 5.17. The topological polar surface area (TPSA) is 120 Å². The zero-order valence-electron chi connectivity index (χ0n) is 16.6. The van der Waals surface area contributed by atoms with Crippen molar-refractivity contribution in [2.75, 3.05) is 7.11 Å². The van der Waals surface area contributed by atoms with Crippen LogP contribution in [0.2, 0.25) is 0 Å². The molecule has 0 saturated heterocycles. The van der Waals surface area contributed by atoms with Gasteiger partial charge >= 0.3 is 6.09 Å². The summed E-state index contributed by atoms with van der Waals surface area (Å²) in [4.78, 5) is 24.9. The Kier molecular flexibility index (Phi) is 7.79. The Morgan fingerprint density at radius 1 is 1.26 bits per heavy atom. The Morgan fingerprint density at radius 2 is 1.81 bits per heavy atom. The van der Waals surface area contributed by atoms with Gasteiger partial charge in [-0.25, -0.2) is 14.1 Å². The fourth-order valence-electron chi connectivity index (χ4n) is 2.13. The van der Waals surface area contributed by atoms with E-state index in [2.05, 4.69) is 9.68 Å². The maximum absolute atomic E-state index is 12.7. The quantitative estimate of drug-likeness (QED) is 0.762. The van der Waals surface area contributed by atoms with E-state index in [1.54, 1.807) is 39.8 Å². The lowest BCUT2D eigenvalue weighted by Crippen LogP contribution is -2.46. The molecule has 1 aromatic carbocycles. The van der Waals surface area contributed by atoms with Crippen LogP contribution < -0.4 is 15.2 Å². The van der Waals surface area contributed by atoms with Crippen molar-refractivity contribution in [2.24, 2.45) is 15.4 Å². The van der Waals surface area contributed by atoms with Crippen LogP contribution in [0.5, 0.6) is 5.75 Å². The van der Waals surface area contributed by atoms with Crippen molar-refractivity contribution in [3.8, 4) is 5.75 Å². The van der Waals surface area contributed by atoms with E-state index >= 15 is 0 Å². The number of ether oxygens (including phenoxy) is 2. The second-order valence-corrected chi connectivity index (χ2v) is 8.97. The second kappa shape index (κ2) is 9.18. The first-order valence-corrected chi connectivity index (χ1v) is 10.2. The number of carbonyl (C=O) groups excluding carboxylic acids is 2. The van der Waals surface area contributed by atoms with Gasteiger partial charge in [-0.05, 0) is 51.0 Å². The lowest BCUT2D eigenvalue weighted by Gasteiger charge is -2.25. The van der Waals surface area contributed by atoms with Crippen molar-refractivity contribution >= 4 is 21.9 Å². The first kappa shape index (κ1) is 22.9. The SMILES string of the molecule is CC[C@H](C)[C@H](NC(=O)OC(C)(C)C)C(=O)N=S(N)(=O)c1ccc(OC)cc1. The molecule has 3 N–H and O–H groups in total. The van der Waals surface area contributed by atoms with Crippen LogP contribution >= 0.6 is 0 Å². The maximum atomic E-state index is 12.7. The van der Waals surface area contributed by atoms with E-state index in [0.29, 0.717) is 12.2 Å². The third kappa shape index (κ3) is 7.18. The summed E-state index contributed by atoms with van der Waals surface area (Å²) in [6, 6.07) is 5.13. The van der Waals surface area contributed by atoms with Crippen LogP contribution in [0.4, 0.5) is 4.79 Å². The average Bonchev–Trinajstić information content (AvgIpc) is 2.57. The molecule has 9 heteroatoms. The summed E-state index contributed by atoms with van der Waals surface area (Å²) in [7, 11) is -1.96. The van der Waals surface area contributed by atoms with E-state index in [9.17, 15) is 13.8 Å². The Bertz CT molecular complexity index is 777. The molecule has 0 saturated carbocycles. The number of nitrogens with one attached hydrogen (secondary N) is 1. The zero-order valence-corrected chi connectivity index (χ0v) is 17.5. The molecule has 3 atom stereocenters. The van der Waals surface area contributed by atoms with Crippen LogP contribution in [0.3, 0.4) is 0 Å². The maximum Gasteiger partial charge on any atom is 0.408 e. The van der Waals surface area contributed by atoms with Crippen molar-refractivity contribution in [1.29, 1.82) is 0 Å². The highest BCUT2D eigenvalue weighted by Gasteiger charge is 2.29. The molecule has 0 fully saturated rings. The minimum Gasteiger partial charge on any atom is -0.497 e. The van der Waals surface area contributed by atoms with Gasteiger partial charge in [0.15, 0.2) is 0 Å². The summed E-state index contributed by atoms with van der Waals surface area (Å²) in [6.07, 6.45) is -0.153. The van der Waals surface area contributed by atoms with Gasteiger partial charge in [-0.15, -0.1) is 4.36 Å². The highest BCUT2D eigenvalue weighted by Crippen LogP contribution is 2.17. The fraction of sp³-hybridized carbons (Fsp3) is 0.556. The molecule has 1 aromatic rings. The molecule has 0 radical (unpaired) electrons. The Hall–Kier alpha value is -2.13. The van der Waals surface area contributed by atoms with Crippen LogP contribution in [-0.2, 0) is 19.4 Å². The highest BCUT2D eigenvalue weighted by atomic mass is 32.2. The highest BCUT2D eigenvalue weighted by molar-refractivity contribution is 7.91. The molecule has 1 unspecified atom stereocenters. The van der Waals surface area contributed by atoms with Gasteiger partial charge in [0.1, 0.15) is 27.3 Å². The minimum absolute atomic E-state index is 0.191. The summed E-state index contributed by atoms with van der Waals surface area (Å²) in [5.74, 6) is -0.456. The number of carbonyl (C=O) groups is 2. The Morgan fingerprint density at radius 3 is 2.26 bits per heavy atom. The number of benzene rings is 1. The number of alkyl carbamates (subject to hydrolysis) is 1. The van der Waals surface area contributed by atoms with E-state index in [0.717, 1.165) is 0 Å². The second-order valence-electron chi connectivity index (χ2n) is 7.18. The van der Waals surface area contributed by atoms with E-state index in [1.807, 2.05) is 6.92 Å². The van der Waals surface area contributed by atoms with Gasteiger partial charge in [-0.2, -0.15) is 0 Å². The van der Waals surface area contributed by atoms with Crippen molar-refractivity contribution < 1.29 is 23.3 Å². The molecule has 8 nitrogen and oxygen atoms in total. The molecular formula is C18H29N3O5S. The molecule has 1 rings (SSSR count). The van der Waals surface area contributed by atoms with Gasteiger partial charge in [-0.3, -0.25) is 4.79 Å². The van der Waals surface area contributed by atoms with E-state index in [4.69, 9.17) is 14.6 Å². The zero-order chi connectivity index (χ0) is 20.8. The molecule has 152 valence electrons. The van der Waals surface area contributed by atoms with E-state index in [-0.39, 0.29) is 10.8 Å². The molecule has 0 bridgehead atoms. The molecular weight excluding hydrogens is 370 g/mol. The molecule has 2 amide bonds. The average molecular weight is 400 g/mol. The lowest BCUT2D eigenvalue weighted by atomic mass is 9.99. The van der Waals surface area contributed by atoms with Crippen LogP contribution in [0.15, 0.2) is 33.5 Å².